The van der Waals surface area contributed by atoms with Gasteiger partial charge in [0, 0.05) is 29.7 Å². The van der Waals surface area contributed by atoms with Gasteiger partial charge in [-0.2, -0.15) is 5.10 Å². The average molecular weight is 455 g/mol. The van der Waals surface area contributed by atoms with Gasteiger partial charge in [0.25, 0.3) is 0 Å². The van der Waals surface area contributed by atoms with E-state index in [0.29, 0.717) is 29.7 Å². The van der Waals surface area contributed by atoms with Gasteiger partial charge >= 0.3 is 0 Å². The van der Waals surface area contributed by atoms with Crippen LogP contribution in [-0.4, -0.2) is 28.1 Å². The molecule has 0 atom stereocenters. The lowest BCUT2D eigenvalue weighted by Gasteiger charge is -2.21. The van der Waals surface area contributed by atoms with Crippen molar-refractivity contribution in [1.82, 2.24) is 9.78 Å². The number of carbonyl (C=O) groups excluding carboxylic acids is 2. The standard InChI is InChI=1S/C27H26N4O3/c1-2-30(22-8-4-3-5-9-22)27(34)18-20-12-14-21(15-13-20)29-26(33)16-17-31-24-11-7-6-10-23(24)25(32)19-28-31/h3-15,19H,2,16-18H2,1H3,(H,29,33). The Hall–Kier alpha value is -4.26. The van der Waals surface area contributed by atoms with Gasteiger partial charge in [-0.05, 0) is 48.9 Å². The summed E-state index contributed by atoms with van der Waals surface area (Å²) in [6, 6.07) is 24.1. The number of para-hydroxylation sites is 2. The van der Waals surface area contributed by atoms with Crippen LogP contribution in [0, 0.1) is 0 Å². The highest BCUT2D eigenvalue weighted by atomic mass is 16.2. The van der Waals surface area contributed by atoms with Crippen LogP contribution in [0.2, 0.25) is 0 Å². The highest BCUT2D eigenvalue weighted by molar-refractivity contribution is 5.95. The van der Waals surface area contributed by atoms with Crippen molar-refractivity contribution < 1.29 is 9.59 Å². The number of nitrogens with one attached hydrogen (secondary N) is 1. The Bertz CT molecular complexity index is 1350. The molecule has 3 aromatic carbocycles. The van der Waals surface area contributed by atoms with Gasteiger partial charge in [0.15, 0.2) is 0 Å². The predicted molar refractivity (Wildman–Crippen MR) is 134 cm³/mol. The summed E-state index contributed by atoms with van der Waals surface area (Å²) < 4.78 is 1.66. The second kappa shape index (κ2) is 10.6. The number of anilines is 2. The molecule has 172 valence electrons. The van der Waals surface area contributed by atoms with E-state index in [-0.39, 0.29) is 30.1 Å². The van der Waals surface area contributed by atoms with E-state index < -0.39 is 0 Å². The molecular formula is C27H26N4O3. The van der Waals surface area contributed by atoms with Gasteiger partial charge in [0.2, 0.25) is 17.2 Å². The number of hydrogen-bond donors (Lipinski definition) is 1. The molecule has 0 spiro atoms. The predicted octanol–water partition coefficient (Wildman–Crippen LogP) is 4.02. The Balaban J connectivity index is 1.34. The monoisotopic (exact) mass is 454 g/mol. The molecule has 2 amide bonds. The fourth-order valence-corrected chi connectivity index (χ4v) is 3.86. The molecule has 0 fully saturated rings. The molecule has 34 heavy (non-hydrogen) atoms. The first-order valence-corrected chi connectivity index (χ1v) is 11.2. The van der Waals surface area contributed by atoms with E-state index in [1.165, 1.54) is 6.20 Å². The first-order valence-electron chi connectivity index (χ1n) is 11.2. The van der Waals surface area contributed by atoms with Crippen LogP contribution in [0.5, 0.6) is 0 Å². The third-order valence-electron chi connectivity index (χ3n) is 5.59. The molecule has 4 rings (SSSR count). The largest absolute Gasteiger partial charge is 0.326 e. The molecule has 0 bridgehead atoms. The Morgan fingerprint density at radius 2 is 1.65 bits per heavy atom. The Kier molecular flexibility index (Phi) is 7.13. The Labute approximate surface area is 197 Å². The zero-order chi connectivity index (χ0) is 23.9. The highest BCUT2D eigenvalue weighted by Crippen LogP contribution is 2.16. The number of fused-ring (bicyclic) bond motifs is 1. The molecule has 4 aromatic rings. The van der Waals surface area contributed by atoms with E-state index in [1.807, 2.05) is 61.5 Å². The third kappa shape index (κ3) is 5.38. The van der Waals surface area contributed by atoms with Crippen molar-refractivity contribution in [2.75, 3.05) is 16.8 Å². The minimum absolute atomic E-state index is 0.0198. The lowest BCUT2D eigenvalue weighted by molar-refractivity contribution is -0.118. The molecule has 1 aromatic heterocycles. The molecule has 1 heterocycles. The summed E-state index contributed by atoms with van der Waals surface area (Å²) in [6.45, 7) is 2.90. The number of aryl methyl sites for hydroxylation is 1. The van der Waals surface area contributed by atoms with Crippen LogP contribution in [0.1, 0.15) is 18.9 Å². The van der Waals surface area contributed by atoms with Crippen LogP contribution >= 0.6 is 0 Å². The van der Waals surface area contributed by atoms with Crippen molar-refractivity contribution in [2.45, 2.75) is 26.3 Å². The van der Waals surface area contributed by atoms with Crippen molar-refractivity contribution in [3.63, 3.8) is 0 Å². The van der Waals surface area contributed by atoms with Crippen molar-refractivity contribution in [3.05, 3.63) is 101 Å². The average Bonchev–Trinajstić information content (AvgIpc) is 2.86. The SMILES string of the molecule is CCN(C(=O)Cc1ccc(NC(=O)CCn2ncc(=O)c3ccccc32)cc1)c1ccccc1. The van der Waals surface area contributed by atoms with E-state index in [9.17, 15) is 14.4 Å². The van der Waals surface area contributed by atoms with E-state index in [4.69, 9.17) is 0 Å². The maximum atomic E-state index is 12.8. The summed E-state index contributed by atoms with van der Waals surface area (Å²) in [7, 11) is 0. The molecule has 0 aliphatic rings. The summed E-state index contributed by atoms with van der Waals surface area (Å²) in [5.41, 5.74) is 2.98. The molecule has 0 unspecified atom stereocenters. The lowest BCUT2D eigenvalue weighted by atomic mass is 10.1. The lowest BCUT2D eigenvalue weighted by Crippen LogP contribution is -2.31. The number of hydrogen-bond acceptors (Lipinski definition) is 4. The first-order chi connectivity index (χ1) is 16.5. The van der Waals surface area contributed by atoms with Crippen LogP contribution in [0.4, 0.5) is 11.4 Å². The van der Waals surface area contributed by atoms with Crippen molar-refractivity contribution in [3.8, 4) is 0 Å². The number of rotatable bonds is 8. The van der Waals surface area contributed by atoms with E-state index in [0.717, 1.165) is 11.3 Å². The van der Waals surface area contributed by atoms with Crippen LogP contribution in [-0.2, 0) is 22.6 Å². The maximum Gasteiger partial charge on any atom is 0.231 e. The highest BCUT2D eigenvalue weighted by Gasteiger charge is 2.14. The molecule has 0 aliphatic carbocycles. The summed E-state index contributed by atoms with van der Waals surface area (Å²) in [6.07, 6.45) is 1.77. The number of carbonyl (C=O) groups is 2. The van der Waals surface area contributed by atoms with E-state index >= 15 is 0 Å². The molecule has 1 N–H and O–H groups in total. The van der Waals surface area contributed by atoms with Crippen LogP contribution in [0.3, 0.4) is 0 Å². The van der Waals surface area contributed by atoms with E-state index in [1.54, 1.807) is 33.8 Å². The molecule has 0 radical (unpaired) electrons. The van der Waals surface area contributed by atoms with E-state index in [2.05, 4.69) is 10.4 Å². The summed E-state index contributed by atoms with van der Waals surface area (Å²) in [5.74, 6) is -0.138. The minimum atomic E-state index is -0.158. The number of aromatic nitrogens is 2. The summed E-state index contributed by atoms with van der Waals surface area (Å²) in [4.78, 5) is 38.9. The molecule has 7 heteroatoms. The zero-order valence-electron chi connectivity index (χ0n) is 19.0. The fourth-order valence-electron chi connectivity index (χ4n) is 3.86. The van der Waals surface area contributed by atoms with Gasteiger partial charge in [-0.3, -0.25) is 19.1 Å². The van der Waals surface area contributed by atoms with Crippen LogP contribution in [0.15, 0.2) is 89.9 Å². The van der Waals surface area contributed by atoms with Gasteiger partial charge in [-0.1, -0.05) is 42.5 Å². The second-order valence-electron chi connectivity index (χ2n) is 7.89. The molecule has 7 nitrogen and oxygen atoms in total. The Morgan fingerprint density at radius 3 is 2.38 bits per heavy atom. The van der Waals surface area contributed by atoms with Crippen molar-refractivity contribution >= 4 is 34.1 Å². The van der Waals surface area contributed by atoms with Gasteiger partial charge in [0.05, 0.1) is 24.7 Å². The van der Waals surface area contributed by atoms with Gasteiger partial charge in [0.1, 0.15) is 0 Å². The topological polar surface area (TPSA) is 84.3 Å². The number of likely N-dealkylation sites (N-methyl/N-ethyl adjacent to an activating group) is 1. The minimum Gasteiger partial charge on any atom is -0.326 e. The smallest absolute Gasteiger partial charge is 0.231 e. The third-order valence-corrected chi connectivity index (χ3v) is 5.59. The number of nitrogens with zero attached hydrogens (tertiary/aromatic N) is 3. The quantitative estimate of drug-likeness (QED) is 0.436. The zero-order valence-corrected chi connectivity index (χ0v) is 19.0. The van der Waals surface area contributed by atoms with Crippen molar-refractivity contribution in [2.24, 2.45) is 0 Å². The second-order valence-corrected chi connectivity index (χ2v) is 7.89. The first kappa shape index (κ1) is 22.9. The maximum absolute atomic E-state index is 12.8. The summed E-state index contributed by atoms with van der Waals surface area (Å²) >= 11 is 0. The molecule has 0 saturated heterocycles. The molecule has 0 saturated carbocycles. The van der Waals surface area contributed by atoms with Crippen LogP contribution < -0.4 is 15.6 Å². The van der Waals surface area contributed by atoms with Crippen molar-refractivity contribution in [1.29, 1.82) is 0 Å². The fraction of sp³-hybridized carbons (Fsp3) is 0.185. The normalized spacial score (nSPS) is 10.7. The summed E-state index contributed by atoms with van der Waals surface area (Å²) in [5, 5.41) is 7.61. The molecular weight excluding hydrogens is 428 g/mol. The molecule has 0 aliphatic heterocycles. The number of amides is 2. The Morgan fingerprint density at radius 1 is 0.941 bits per heavy atom. The van der Waals surface area contributed by atoms with Crippen LogP contribution in [0.25, 0.3) is 10.9 Å². The number of benzene rings is 3. The van der Waals surface area contributed by atoms with Gasteiger partial charge < -0.3 is 10.2 Å². The van der Waals surface area contributed by atoms with Gasteiger partial charge in [-0.25, -0.2) is 0 Å². The van der Waals surface area contributed by atoms with Gasteiger partial charge in [-0.15, -0.1) is 0 Å².